The molecule has 0 saturated carbocycles. The summed E-state index contributed by atoms with van der Waals surface area (Å²) in [4.78, 5) is 0. The van der Waals surface area contributed by atoms with Crippen LogP contribution in [-0.4, -0.2) is 42.1 Å². The Morgan fingerprint density at radius 1 is 0.875 bits per heavy atom. The van der Waals surface area contributed by atoms with E-state index >= 15 is 0 Å². The maximum absolute atomic E-state index is 5.68. The van der Waals surface area contributed by atoms with Gasteiger partial charge < -0.3 is 5.73 Å². The van der Waals surface area contributed by atoms with Gasteiger partial charge in [-0.3, -0.25) is 0 Å². The van der Waals surface area contributed by atoms with E-state index in [4.69, 9.17) is 11.5 Å². The van der Waals surface area contributed by atoms with Crippen LogP contribution in [0.25, 0.3) is 0 Å². The summed E-state index contributed by atoms with van der Waals surface area (Å²) in [6.07, 6.45) is 10.1. The second-order valence-electron chi connectivity index (χ2n) is 4.78. The first-order valence-electron chi connectivity index (χ1n) is 6.93. The molecule has 0 aromatic carbocycles. The fourth-order valence-corrected chi connectivity index (χ4v) is 1.77. The molecular formula is C12H28LiN3. The van der Waals surface area contributed by atoms with Crippen molar-refractivity contribution in [1.82, 2.24) is 5.32 Å². The molecule has 16 heavy (non-hydrogen) atoms. The third-order valence-electron chi connectivity index (χ3n) is 2.82. The van der Waals surface area contributed by atoms with Crippen molar-refractivity contribution >= 4 is 17.7 Å². The van der Waals surface area contributed by atoms with Gasteiger partial charge >= 0.3 is 97.9 Å². The maximum atomic E-state index is 5.68. The van der Waals surface area contributed by atoms with Crippen LogP contribution in [0.3, 0.4) is 0 Å². The Balaban J connectivity index is 2.88. The van der Waals surface area contributed by atoms with E-state index in [9.17, 15) is 0 Å². The third-order valence-corrected chi connectivity index (χ3v) is 2.82. The fraction of sp³-hybridized carbons (Fsp3) is 1.00. The van der Waals surface area contributed by atoms with Gasteiger partial charge in [-0.05, 0) is 6.54 Å². The van der Waals surface area contributed by atoms with Crippen molar-refractivity contribution in [3.05, 3.63) is 0 Å². The molecule has 5 N–H and O–H groups in total. The van der Waals surface area contributed by atoms with Crippen LogP contribution in [0, 0.1) is 0 Å². The molecule has 0 aliphatic carbocycles. The summed E-state index contributed by atoms with van der Waals surface area (Å²) in [5.41, 5.74) is 11.1. The van der Waals surface area contributed by atoms with Gasteiger partial charge in [-0.2, -0.15) is 0 Å². The van der Waals surface area contributed by atoms with Crippen molar-refractivity contribution in [1.29, 1.82) is 0 Å². The molecule has 0 heterocycles. The van der Waals surface area contributed by atoms with Gasteiger partial charge in [0.25, 0.3) is 0 Å². The number of unbranched alkanes of at least 4 members (excludes halogenated alkanes) is 5. The van der Waals surface area contributed by atoms with E-state index in [1.807, 2.05) is 0 Å². The van der Waals surface area contributed by atoms with Crippen LogP contribution in [0.1, 0.15) is 51.4 Å². The molecule has 0 spiro atoms. The van der Waals surface area contributed by atoms with Gasteiger partial charge in [0.05, 0.1) is 0 Å². The van der Waals surface area contributed by atoms with Crippen molar-refractivity contribution in [2.75, 3.05) is 19.6 Å². The first kappa shape index (κ1) is 16.5. The van der Waals surface area contributed by atoms with Gasteiger partial charge in [0, 0.05) is 0 Å². The molecule has 0 aliphatic heterocycles. The van der Waals surface area contributed by atoms with Crippen LogP contribution >= 0.6 is 0 Å². The van der Waals surface area contributed by atoms with Crippen LogP contribution in [-0.2, 0) is 0 Å². The zero-order chi connectivity index (χ0) is 12.1. The Bertz CT molecular complexity index is 131. The topological polar surface area (TPSA) is 64.1 Å². The molecule has 0 bridgehead atoms. The molecule has 0 aromatic heterocycles. The summed E-state index contributed by atoms with van der Waals surface area (Å²) in [7, 11) is 0. The summed E-state index contributed by atoms with van der Waals surface area (Å²) < 4.78 is 0.363. The van der Waals surface area contributed by atoms with Crippen LogP contribution in [0.15, 0.2) is 0 Å². The minimum atomic E-state index is 0.363. The predicted molar refractivity (Wildman–Crippen MR) is 72.6 cm³/mol. The van der Waals surface area contributed by atoms with E-state index in [1.54, 1.807) is 0 Å². The molecule has 92 valence electrons. The molecule has 0 rings (SSSR count). The van der Waals surface area contributed by atoms with Crippen molar-refractivity contribution in [2.45, 2.75) is 56.1 Å². The summed E-state index contributed by atoms with van der Waals surface area (Å²) in [6, 6.07) is 0. The Hall–Kier alpha value is 0.477. The van der Waals surface area contributed by atoms with Crippen molar-refractivity contribution in [3.63, 3.8) is 0 Å². The third kappa shape index (κ3) is 14.5. The second kappa shape index (κ2) is 13.5. The fourth-order valence-electron chi connectivity index (χ4n) is 1.77. The number of hydrogen-bond acceptors (Lipinski definition) is 3. The molecule has 0 fully saturated rings. The summed E-state index contributed by atoms with van der Waals surface area (Å²) in [5, 5.41) is 3.48. The Morgan fingerprint density at radius 2 is 1.44 bits per heavy atom. The van der Waals surface area contributed by atoms with Gasteiger partial charge in [0.15, 0.2) is 0 Å². The van der Waals surface area contributed by atoms with E-state index in [1.165, 1.54) is 51.5 Å². The van der Waals surface area contributed by atoms with Crippen LogP contribution in [0.4, 0.5) is 0 Å². The molecule has 0 aromatic rings. The predicted octanol–water partition coefficient (Wildman–Crippen LogP) is 1.11. The van der Waals surface area contributed by atoms with Gasteiger partial charge in [0.1, 0.15) is 0 Å². The van der Waals surface area contributed by atoms with E-state index in [-0.39, 0.29) is 0 Å². The second-order valence-corrected chi connectivity index (χ2v) is 4.78. The van der Waals surface area contributed by atoms with Gasteiger partial charge in [-0.1, -0.05) is 0 Å². The average molecular weight is 221 g/mol. The number of nitrogens with one attached hydrogen (secondary N) is 1. The monoisotopic (exact) mass is 221 g/mol. The molecule has 1 unspecified atom stereocenters. The van der Waals surface area contributed by atoms with E-state index in [0.717, 1.165) is 19.5 Å². The van der Waals surface area contributed by atoms with E-state index in [0.29, 0.717) is 4.71 Å². The van der Waals surface area contributed by atoms with Gasteiger partial charge in [0.2, 0.25) is 0 Å². The summed E-state index contributed by atoms with van der Waals surface area (Å²) in [6.45, 7) is 3.16. The summed E-state index contributed by atoms with van der Waals surface area (Å²) in [5.74, 6) is 0. The molecule has 4 heteroatoms. The van der Waals surface area contributed by atoms with Crippen molar-refractivity contribution in [2.24, 2.45) is 11.5 Å². The van der Waals surface area contributed by atoms with Crippen LogP contribution in [0.2, 0.25) is 0 Å². The SMILES string of the molecule is [Li][CH](N)CCCCNCCCCCCCN. The molecule has 0 saturated heterocycles. The quantitative estimate of drug-likeness (QED) is 0.342. The molecule has 3 nitrogen and oxygen atoms in total. The first-order chi connectivity index (χ1) is 7.77. The number of hydrogen-bond donors (Lipinski definition) is 3. The zero-order valence-corrected chi connectivity index (χ0v) is 11.0. The minimum absolute atomic E-state index is 0.363. The van der Waals surface area contributed by atoms with Crippen molar-refractivity contribution in [3.8, 4) is 0 Å². The van der Waals surface area contributed by atoms with Crippen LogP contribution < -0.4 is 16.8 Å². The number of rotatable bonds is 12. The Morgan fingerprint density at radius 3 is 2.06 bits per heavy atom. The van der Waals surface area contributed by atoms with Gasteiger partial charge in [-0.15, -0.1) is 0 Å². The van der Waals surface area contributed by atoms with Crippen LogP contribution in [0.5, 0.6) is 0 Å². The summed E-state index contributed by atoms with van der Waals surface area (Å²) >= 11 is 2.08. The Kier molecular flexibility index (Phi) is 13.9. The number of nitrogens with two attached hydrogens (primary N) is 2. The molecule has 0 aliphatic rings. The zero-order valence-electron chi connectivity index (χ0n) is 11.0. The van der Waals surface area contributed by atoms with E-state index < -0.39 is 0 Å². The average Bonchev–Trinajstić information content (AvgIpc) is 2.25. The Labute approximate surface area is 110 Å². The molecule has 0 radical (unpaired) electrons. The molecule has 0 amide bonds. The van der Waals surface area contributed by atoms with E-state index in [2.05, 4.69) is 23.0 Å². The smallest absolute Gasteiger partial charge is 0.330 e. The van der Waals surface area contributed by atoms with Gasteiger partial charge in [-0.25, -0.2) is 0 Å². The minimum Gasteiger partial charge on any atom is -0.330 e. The normalized spacial score (nSPS) is 13.0. The molecule has 1 atom stereocenters. The van der Waals surface area contributed by atoms with Crippen molar-refractivity contribution < 1.29 is 0 Å². The standard InChI is InChI=1S/C12H28N3.Li/c13-9-5-2-1-3-7-11-15-12-8-4-6-10-14;/h10,15H,1-9,11-14H2;. The molecular weight excluding hydrogens is 193 g/mol. The first-order valence-corrected chi connectivity index (χ1v) is 6.93.